The lowest BCUT2D eigenvalue weighted by molar-refractivity contribution is -0.137. The number of alkyl halides is 3. The summed E-state index contributed by atoms with van der Waals surface area (Å²) in [4.78, 5) is 8.24. The molecule has 0 fully saturated rings. The number of sulfonamides is 1. The van der Waals surface area contributed by atoms with Crippen LogP contribution >= 0.6 is 15.9 Å². The average molecular weight is 558 g/mol. The molecule has 2 aromatic carbocycles. The van der Waals surface area contributed by atoms with Gasteiger partial charge in [-0.15, -0.1) is 0 Å². The van der Waals surface area contributed by atoms with Gasteiger partial charge in [-0.25, -0.2) is 18.1 Å². The van der Waals surface area contributed by atoms with Crippen molar-refractivity contribution in [3.8, 4) is 0 Å². The van der Waals surface area contributed by atoms with Gasteiger partial charge in [-0.3, -0.25) is 0 Å². The van der Waals surface area contributed by atoms with Crippen LogP contribution in [0, 0.1) is 0 Å². The number of halogens is 4. The summed E-state index contributed by atoms with van der Waals surface area (Å²) in [5, 5.41) is 14.8. The van der Waals surface area contributed by atoms with E-state index in [-0.39, 0.29) is 29.6 Å². The van der Waals surface area contributed by atoms with E-state index in [0.29, 0.717) is 21.7 Å². The van der Waals surface area contributed by atoms with Crippen LogP contribution in [0.4, 0.5) is 30.6 Å². The average Bonchev–Trinajstić information content (AvgIpc) is 2.80. The zero-order valence-electron chi connectivity index (χ0n) is 17.4. The Hall–Kier alpha value is -3.00. The lowest BCUT2D eigenvalue weighted by Gasteiger charge is -2.12. The Morgan fingerprint density at radius 3 is 2.59 bits per heavy atom. The first-order valence-corrected chi connectivity index (χ1v) is 11.9. The minimum atomic E-state index is -4.52. The van der Waals surface area contributed by atoms with Crippen molar-refractivity contribution in [3.05, 3.63) is 82.6 Å². The zero-order valence-corrected chi connectivity index (χ0v) is 19.8. The highest BCUT2D eigenvalue weighted by atomic mass is 79.9. The number of benzene rings is 2. The van der Waals surface area contributed by atoms with Gasteiger partial charge in [0.15, 0.2) is 0 Å². The standard InChI is InChI=1S/C21H19BrF3N5O3S/c1-13(12-31)28-19-18(22)11-26-20(30-19)29-16-6-3-7-17(9-16)34(32,33)27-10-14-4-2-5-15(8-14)21(23,24)25/h2-9,11,27,31H,1,10,12H2,(H2,26,28,29,30). The van der Waals surface area contributed by atoms with E-state index in [1.807, 2.05) is 0 Å². The van der Waals surface area contributed by atoms with Crippen molar-refractivity contribution in [1.29, 1.82) is 0 Å². The normalized spacial score (nSPS) is 11.8. The number of nitrogens with one attached hydrogen (secondary N) is 3. The zero-order chi connectivity index (χ0) is 24.9. The van der Waals surface area contributed by atoms with Gasteiger partial charge in [0.1, 0.15) is 5.82 Å². The lowest BCUT2D eigenvalue weighted by atomic mass is 10.1. The molecule has 0 radical (unpaired) electrons. The van der Waals surface area contributed by atoms with E-state index < -0.39 is 21.8 Å². The third kappa shape index (κ3) is 6.76. The highest BCUT2D eigenvalue weighted by Gasteiger charge is 2.30. The van der Waals surface area contributed by atoms with Crippen LogP contribution in [0.25, 0.3) is 0 Å². The van der Waals surface area contributed by atoms with E-state index in [4.69, 9.17) is 5.11 Å². The predicted molar refractivity (Wildman–Crippen MR) is 125 cm³/mol. The highest BCUT2D eigenvalue weighted by molar-refractivity contribution is 9.10. The smallest absolute Gasteiger partial charge is 0.390 e. The van der Waals surface area contributed by atoms with Crippen molar-refractivity contribution in [1.82, 2.24) is 14.7 Å². The molecule has 3 aromatic rings. The third-order valence-corrected chi connectivity index (χ3v) is 6.33. The second kappa shape index (κ2) is 10.5. The first kappa shape index (κ1) is 25.6. The Balaban J connectivity index is 1.75. The first-order valence-electron chi connectivity index (χ1n) is 9.59. The summed E-state index contributed by atoms with van der Waals surface area (Å²) in [5.74, 6) is 0.478. The molecule has 34 heavy (non-hydrogen) atoms. The maximum atomic E-state index is 12.9. The van der Waals surface area contributed by atoms with Gasteiger partial charge in [0.05, 0.1) is 21.5 Å². The summed E-state index contributed by atoms with van der Waals surface area (Å²) in [6.45, 7) is 3.01. The molecular weight excluding hydrogens is 539 g/mol. The molecular formula is C21H19BrF3N5O3S. The van der Waals surface area contributed by atoms with Crippen LogP contribution in [0.3, 0.4) is 0 Å². The van der Waals surface area contributed by atoms with E-state index in [9.17, 15) is 21.6 Å². The fourth-order valence-corrected chi connectivity index (χ4v) is 4.06. The number of nitrogens with zero attached hydrogens (tertiary/aromatic N) is 2. The maximum Gasteiger partial charge on any atom is 0.416 e. The van der Waals surface area contributed by atoms with Crippen LogP contribution in [-0.2, 0) is 22.7 Å². The lowest BCUT2D eigenvalue weighted by Crippen LogP contribution is -2.23. The summed E-state index contributed by atoms with van der Waals surface area (Å²) in [5.41, 5.74) is -0.0248. The van der Waals surface area contributed by atoms with Gasteiger partial charge >= 0.3 is 6.18 Å². The number of anilines is 3. The molecule has 0 saturated carbocycles. The number of hydrogen-bond donors (Lipinski definition) is 4. The molecule has 0 aliphatic heterocycles. The van der Waals surface area contributed by atoms with E-state index in [2.05, 4.69) is 47.8 Å². The van der Waals surface area contributed by atoms with E-state index in [0.717, 1.165) is 12.1 Å². The Labute approximate surface area is 202 Å². The minimum Gasteiger partial charge on any atom is -0.390 e. The quantitative estimate of drug-likeness (QED) is 0.308. The van der Waals surface area contributed by atoms with Gasteiger partial charge in [-0.1, -0.05) is 30.8 Å². The topological polar surface area (TPSA) is 116 Å². The molecule has 0 atom stereocenters. The van der Waals surface area contributed by atoms with Crippen LogP contribution in [-0.4, -0.2) is 30.1 Å². The molecule has 0 amide bonds. The van der Waals surface area contributed by atoms with Crippen molar-refractivity contribution in [3.63, 3.8) is 0 Å². The van der Waals surface area contributed by atoms with Crippen LogP contribution < -0.4 is 15.4 Å². The summed E-state index contributed by atoms with van der Waals surface area (Å²) in [7, 11) is -4.03. The Kier molecular flexibility index (Phi) is 7.92. The second-order valence-corrected chi connectivity index (χ2v) is 9.57. The fourth-order valence-electron chi connectivity index (χ4n) is 2.71. The molecule has 8 nitrogen and oxygen atoms in total. The van der Waals surface area contributed by atoms with E-state index >= 15 is 0 Å². The van der Waals surface area contributed by atoms with Gasteiger partial charge in [-0.2, -0.15) is 18.2 Å². The molecule has 1 aromatic heterocycles. The number of rotatable bonds is 9. The molecule has 4 N–H and O–H groups in total. The molecule has 3 rings (SSSR count). The van der Waals surface area contributed by atoms with E-state index in [1.54, 1.807) is 6.07 Å². The van der Waals surface area contributed by atoms with Crippen molar-refractivity contribution < 1.29 is 26.7 Å². The number of aliphatic hydroxyl groups excluding tert-OH is 1. The minimum absolute atomic E-state index is 0.103. The molecule has 0 bridgehead atoms. The Morgan fingerprint density at radius 1 is 1.15 bits per heavy atom. The molecule has 0 saturated heterocycles. The van der Waals surface area contributed by atoms with E-state index in [1.165, 1.54) is 36.5 Å². The number of aromatic nitrogens is 2. The second-order valence-electron chi connectivity index (χ2n) is 6.95. The fraction of sp³-hybridized carbons (Fsp3) is 0.143. The predicted octanol–water partition coefficient (Wildman–Crippen LogP) is 4.40. The van der Waals surface area contributed by atoms with Gasteiger partial charge < -0.3 is 15.7 Å². The maximum absolute atomic E-state index is 12.9. The van der Waals surface area contributed by atoms with Gasteiger partial charge in [0, 0.05) is 24.1 Å². The molecule has 180 valence electrons. The summed E-state index contributed by atoms with van der Waals surface area (Å²) >= 11 is 3.27. The van der Waals surface area contributed by atoms with Gasteiger partial charge in [-0.05, 0) is 45.8 Å². The summed E-state index contributed by atoms with van der Waals surface area (Å²) in [6.07, 6.45) is -3.07. The van der Waals surface area contributed by atoms with Crippen LogP contribution in [0.1, 0.15) is 11.1 Å². The Morgan fingerprint density at radius 2 is 1.88 bits per heavy atom. The molecule has 0 aliphatic rings. The number of aliphatic hydroxyl groups is 1. The van der Waals surface area contributed by atoms with Crippen LogP contribution in [0.15, 0.2) is 76.4 Å². The van der Waals surface area contributed by atoms with Crippen molar-refractivity contribution >= 4 is 43.4 Å². The van der Waals surface area contributed by atoms with Crippen molar-refractivity contribution in [2.45, 2.75) is 17.6 Å². The molecule has 13 heteroatoms. The van der Waals surface area contributed by atoms with Crippen LogP contribution in [0.2, 0.25) is 0 Å². The molecule has 0 spiro atoms. The van der Waals surface area contributed by atoms with Gasteiger partial charge in [0.25, 0.3) is 0 Å². The SMILES string of the molecule is C=C(CO)Nc1nc(Nc2cccc(S(=O)(=O)NCc3cccc(C(F)(F)F)c3)c2)ncc1Br. The van der Waals surface area contributed by atoms with Crippen LogP contribution in [0.5, 0.6) is 0 Å². The number of hydrogen-bond acceptors (Lipinski definition) is 7. The summed E-state index contributed by atoms with van der Waals surface area (Å²) < 4.78 is 66.9. The summed E-state index contributed by atoms with van der Waals surface area (Å²) in [6, 6.07) is 10.2. The van der Waals surface area contributed by atoms with Crippen molar-refractivity contribution in [2.24, 2.45) is 0 Å². The molecule has 1 heterocycles. The van der Waals surface area contributed by atoms with Crippen molar-refractivity contribution in [2.75, 3.05) is 17.2 Å². The monoisotopic (exact) mass is 557 g/mol. The highest BCUT2D eigenvalue weighted by Crippen LogP contribution is 2.29. The Bertz CT molecular complexity index is 1300. The molecule has 0 unspecified atom stereocenters. The van der Waals surface area contributed by atoms with Gasteiger partial charge in [0.2, 0.25) is 16.0 Å². The largest absolute Gasteiger partial charge is 0.416 e. The third-order valence-electron chi connectivity index (χ3n) is 4.35. The first-order chi connectivity index (χ1) is 16.0. The molecule has 0 aliphatic carbocycles.